The largest absolute Gasteiger partial charge is 0.456 e. The van der Waals surface area contributed by atoms with Crippen LogP contribution < -0.4 is 0 Å². The van der Waals surface area contributed by atoms with Gasteiger partial charge in [-0.1, -0.05) is 36.4 Å². The van der Waals surface area contributed by atoms with Gasteiger partial charge in [-0.05, 0) is 24.3 Å². The van der Waals surface area contributed by atoms with Gasteiger partial charge in [-0.3, -0.25) is 4.99 Å². The second kappa shape index (κ2) is 6.35. The van der Waals surface area contributed by atoms with E-state index in [4.69, 9.17) is 4.74 Å². The van der Waals surface area contributed by atoms with Crippen molar-refractivity contribution in [2.75, 3.05) is 6.61 Å². The van der Waals surface area contributed by atoms with Crippen LogP contribution in [0.15, 0.2) is 65.7 Å². The fourth-order valence-electron chi connectivity index (χ4n) is 1.43. The lowest BCUT2D eigenvalue weighted by atomic mass is 10.2. The Morgan fingerprint density at radius 3 is 2.28 bits per heavy atom. The van der Waals surface area contributed by atoms with Gasteiger partial charge >= 0.3 is 5.97 Å². The van der Waals surface area contributed by atoms with Crippen molar-refractivity contribution in [3.8, 4) is 0 Å². The standard InChI is InChI=1S/C15H13NO2/c17-15(13-7-3-1-4-8-13)18-12-11-16-14-9-5-2-6-10-14/h1-11H,12H2. The highest BCUT2D eigenvalue weighted by molar-refractivity contribution is 5.90. The maximum absolute atomic E-state index is 11.6. The van der Waals surface area contributed by atoms with E-state index >= 15 is 0 Å². The monoisotopic (exact) mass is 239 g/mol. The zero-order chi connectivity index (χ0) is 12.6. The van der Waals surface area contributed by atoms with Crippen LogP contribution in [0, 0.1) is 0 Å². The van der Waals surface area contributed by atoms with Gasteiger partial charge in [-0.15, -0.1) is 0 Å². The molecule has 0 unspecified atom stereocenters. The summed E-state index contributed by atoms with van der Waals surface area (Å²) in [7, 11) is 0. The average Bonchev–Trinajstić information content (AvgIpc) is 2.45. The first-order valence-electron chi connectivity index (χ1n) is 5.66. The Balaban J connectivity index is 1.83. The number of hydrogen-bond acceptors (Lipinski definition) is 3. The first-order valence-corrected chi connectivity index (χ1v) is 5.66. The van der Waals surface area contributed by atoms with Gasteiger partial charge < -0.3 is 4.74 Å². The molecule has 0 atom stereocenters. The molecule has 0 N–H and O–H groups in total. The van der Waals surface area contributed by atoms with Crippen molar-refractivity contribution in [3.63, 3.8) is 0 Å². The van der Waals surface area contributed by atoms with E-state index in [0.29, 0.717) is 5.56 Å². The molecule has 2 aromatic rings. The predicted molar refractivity (Wildman–Crippen MR) is 71.3 cm³/mol. The molecule has 0 saturated carbocycles. The molecule has 90 valence electrons. The summed E-state index contributed by atoms with van der Waals surface area (Å²) >= 11 is 0. The molecule has 0 saturated heterocycles. The summed E-state index contributed by atoms with van der Waals surface area (Å²) in [5, 5.41) is 0. The predicted octanol–water partition coefficient (Wildman–Crippen LogP) is 3.25. The van der Waals surface area contributed by atoms with Gasteiger partial charge in [-0.25, -0.2) is 4.79 Å². The van der Waals surface area contributed by atoms with Crippen LogP contribution >= 0.6 is 0 Å². The zero-order valence-corrected chi connectivity index (χ0v) is 9.82. The SMILES string of the molecule is O=C(OCC=Nc1ccccc1)c1ccccc1. The molecular weight excluding hydrogens is 226 g/mol. The van der Waals surface area contributed by atoms with Crippen molar-refractivity contribution in [1.29, 1.82) is 0 Å². The smallest absolute Gasteiger partial charge is 0.338 e. The molecule has 0 radical (unpaired) electrons. The summed E-state index contributed by atoms with van der Waals surface area (Å²) in [6, 6.07) is 18.4. The maximum Gasteiger partial charge on any atom is 0.338 e. The molecule has 0 spiro atoms. The number of carbonyl (C=O) groups excluding carboxylic acids is 1. The zero-order valence-electron chi connectivity index (χ0n) is 9.82. The molecule has 0 aliphatic carbocycles. The van der Waals surface area contributed by atoms with Gasteiger partial charge in [0, 0.05) is 6.21 Å². The summed E-state index contributed by atoms with van der Waals surface area (Å²) in [6.07, 6.45) is 1.58. The maximum atomic E-state index is 11.6. The highest BCUT2D eigenvalue weighted by atomic mass is 16.5. The molecule has 0 amide bonds. The van der Waals surface area contributed by atoms with Crippen molar-refractivity contribution in [2.24, 2.45) is 4.99 Å². The summed E-state index contributed by atoms with van der Waals surface area (Å²) in [5.41, 5.74) is 1.39. The molecule has 0 bridgehead atoms. The second-order valence-electron chi connectivity index (χ2n) is 3.61. The molecule has 0 aliphatic heterocycles. The van der Waals surface area contributed by atoms with Crippen molar-refractivity contribution in [2.45, 2.75) is 0 Å². The van der Waals surface area contributed by atoms with E-state index < -0.39 is 0 Å². The van der Waals surface area contributed by atoms with Gasteiger partial charge in [0.05, 0.1) is 11.3 Å². The molecule has 0 fully saturated rings. The average molecular weight is 239 g/mol. The number of hydrogen-bond donors (Lipinski definition) is 0. The Bertz CT molecular complexity index is 521. The fourth-order valence-corrected chi connectivity index (χ4v) is 1.43. The molecule has 3 heteroatoms. The van der Waals surface area contributed by atoms with Crippen molar-refractivity contribution >= 4 is 17.9 Å². The van der Waals surface area contributed by atoms with E-state index in [0.717, 1.165) is 5.69 Å². The first kappa shape index (κ1) is 12.0. The van der Waals surface area contributed by atoms with Crippen LogP contribution in [0.4, 0.5) is 5.69 Å². The van der Waals surface area contributed by atoms with E-state index in [1.165, 1.54) is 0 Å². The summed E-state index contributed by atoms with van der Waals surface area (Å²) in [6.45, 7) is 0.169. The highest BCUT2D eigenvalue weighted by Crippen LogP contribution is 2.08. The van der Waals surface area contributed by atoms with Gasteiger partial charge in [-0.2, -0.15) is 0 Å². The Labute approximate surface area is 106 Å². The molecule has 18 heavy (non-hydrogen) atoms. The number of rotatable bonds is 4. The van der Waals surface area contributed by atoms with E-state index in [1.807, 2.05) is 36.4 Å². The number of carbonyl (C=O) groups is 1. The number of esters is 1. The number of nitrogens with zero attached hydrogens (tertiary/aromatic N) is 1. The summed E-state index contributed by atoms with van der Waals surface area (Å²) < 4.78 is 5.06. The number of benzene rings is 2. The number of aliphatic imine (C=N–C) groups is 1. The minimum atomic E-state index is -0.338. The van der Waals surface area contributed by atoms with Crippen LogP contribution in [0.2, 0.25) is 0 Å². The first-order chi connectivity index (χ1) is 8.86. The summed E-state index contributed by atoms with van der Waals surface area (Å²) in [4.78, 5) is 15.7. The Kier molecular flexibility index (Phi) is 4.25. The van der Waals surface area contributed by atoms with Crippen LogP contribution in [-0.4, -0.2) is 18.8 Å². The van der Waals surface area contributed by atoms with Crippen molar-refractivity contribution in [3.05, 3.63) is 66.2 Å². The van der Waals surface area contributed by atoms with Crippen LogP contribution in [-0.2, 0) is 4.74 Å². The Morgan fingerprint density at radius 1 is 1.00 bits per heavy atom. The Hall–Kier alpha value is -2.42. The fraction of sp³-hybridized carbons (Fsp3) is 0.0667. The normalized spacial score (nSPS) is 10.4. The van der Waals surface area contributed by atoms with Crippen molar-refractivity contribution < 1.29 is 9.53 Å². The van der Waals surface area contributed by atoms with E-state index in [9.17, 15) is 4.79 Å². The third kappa shape index (κ3) is 3.56. The Morgan fingerprint density at radius 2 is 1.61 bits per heavy atom. The van der Waals surface area contributed by atoms with Crippen LogP contribution in [0.1, 0.15) is 10.4 Å². The van der Waals surface area contributed by atoms with Crippen LogP contribution in [0.3, 0.4) is 0 Å². The van der Waals surface area contributed by atoms with E-state index in [2.05, 4.69) is 4.99 Å². The highest BCUT2D eigenvalue weighted by Gasteiger charge is 2.03. The second-order valence-corrected chi connectivity index (χ2v) is 3.61. The number of para-hydroxylation sites is 1. The van der Waals surface area contributed by atoms with Gasteiger partial charge in [0.15, 0.2) is 0 Å². The lowest BCUT2D eigenvalue weighted by Crippen LogP contribution is -2.06. The quantitative estimate of drug-likeness (QED) is 0.606. The third-order valence-electron chi connectivity index (χ3n) is 2.30. The molecule has 0 heterocycles. The molecule has 2 aromatic carbocycles. The van der Waals surface area contributed by atoms with Gasteiger partial charge in [0.1, 0.15) is 6.61 Å². The van der Waals surface area contributed by atoms with Gasteiger partial charge in [0.25, 0.3) is 0 Å². The lowest BCUT2D eigenvalue weighted by Gasteiger charge is -2.00. The molecular formula is C15H13NO2. The minimum absolute atomic E-state index is 0.169. The van der Waals surface area contributed by atoms with Crippen molar-refractivity contribution in [1.82, 2.24) is 0 Å². The number of ether oxygens (including phenoxy) is 1. The molecule has 0 aromatic heterocycles. The minimum Gasteiger partial charge on any atom is -0.456 e. The molecule has 3 nitrogen and oxygen atoms in total. The summed E-state index contributed by atoms with van der Waals surface area (Å²) in [5.74, 6) is -0.338. The van der Waals surface area contributed by atoms with Gasteiger partial charge in [0.2, 0.25) is 0 Å². The topological polar surface area (TPSA) is 38.7 Å². The van der Waals surface area contributed by atoms with E-state index in [1.54, 1.807) is 30.5 Å². The van der Waals surface area contributed by atoms with E-state index in [-0.39, 0.29) is 12.6 Å². The van der Waals surface area contributed by atoms with Crippen LogP contribution in [0.25, 0.3) is 0 Å². The molecule has 2 rings (SSSR count). The lowest BCUT2D eigenvalue weighted by molar-refractivity contribution is 0.0567. The molecule has 0 aliphatic rings. The third-order valence-corrected chi connectivity index (χ3v) is 2.30. The van der Waals surface area contributed by atoms with Crippen LogP contribution in [0.5, 0.6) is 0 Å².